The van der Waals surface area contributed by atoms with Crippen molar-refractivity contribution in [2.45, 2.75) is 0 Å². The first kappa shape index (κ1) is 54.9. The summed E-state index contributed by atoms with van der Waals surface area (Å²) in [6.07, 6.45) is 0. The molecule has 0 spiro atoms. The zero-order valence-corrected chi connectivity index (χ0v) is 53.5. The Labute approximate surface area is 568 Å². The molecule has 0 atom stereocenters. The Balaban J connectivity index is 1.09. The van der Waals surface area contributed by atoms with Crippen LogP contribution in [0.15, 0.2) is 340 Å². The number of aromatic nitrogens is 5. The third-order valence-corrected chi connectivity index (χ3v) is 21.1. The van der Waals surface area contributed by atoms with Crippen LogP contribution in [0.25, 0.3) is 192 Å². The maximum Gasteiger partial charge on any atom is 0.101 e. The Hall–Kier alpha value is -13.5. The summed E-state index contributed by atoms with van der Waals surface area (Å²) in [7, 11) is 0. The summed E-state index contributed by atoms with van der Waals surface area (Å²) in [6.45, 7) is 0. The van der Waals surface area contributed by atoms with Crippen LogP contribution in [0.5, 0.6) is 0 Å². The van der Waals surface area contributed by atoms with Crippen LogP contribution in [0.4, 0.5) is 0 Å². The molecular formula is C93H56N6. The fraction of sp³-hybridized carbons (Fsp3) is 0. The van der Waals surface area contributed by atoms with Gasteiger partial charge in [0.1, 0.15) is 6.07 Å². The highest BCUT2D eigenvalue weighted by molar-refractivity contribution is 6.24. The van der Waals surface area contributed by atoms with E-state index in [2.05, 4.69) is 369 Å². The van der Waals surface area contributed by atoms with Crippen molar-refractivity contribution in [3.05, 3.63) is 345 Å². The van der Waals surface area contributed by atoms with Crippen LogP contribution in [-0.4, -0.2) is 22.8 Å². The average Bonchev–Trinajstić information content (AvgIpc) is 1.64. The van der Waals surface area contributed by atoms with Crippen molar-refractivity contribution < 1.29 is 0 Å². The first-order chi connectivity index (χ1) is 49.2. The van der Waals surface area contributed by atoms with Gasteiger partial charge in [-0.1, -0.05) is 273 Å². The molecule has 5 heterocycles. The van der Waals surface area contributed by atoms with E-state index in [9.17, 15) is 5.26 Å². The van der Waals surface area contributed by atoms with E-state index in [0.717, 1.165) is 192 Å². The molecular weight excluding hydrogens is 1200 g/mol. The Morgan fingerprint density at radius 2 is 0.424 bits per heavy atom. The van der Waals surface area contributed by atoms with E-state index in [1.165, 1.54) is 0 Å². The maximum absolute atomic E-state index is 13.7. The van der Waals surface area contributed by atoms with Gasteiger partial charge in [-0.25, -0.2) is 0 Å². The molecule has 0 saturated carbocycles. The van der Waals surface area contributed by atoms with Gasteiger partial charge in [0, 0.05) is 98.0 Å². The number of fused-ring (bicyclic) bond motifs is 19. The molecule has 0 unspecified atom stereocenters. The van der Waals surface area contributed by atoms with E-state index in [-0.39, 0.29) is 0 Å². The SMILES string of the molecule is N#Cc1c(-c2ccccc2-n2c3ccccc3c3ccccc32)c(-n2c3ccccc3c3ccc4ccccc4c32)c(-c2ccccc2-n2c3ccccc3c3ccccc32)c(-n2c3ccccc3c3ccc4ccccc4c32)c1-c1ccccc1-n1c2ccccc2c2ccccc21. The summed E-state index contributed by atoms with van der Waals surface area (Å²) in [6, 6.07) is 128. The fourth-order valence-corrected chi connectivity index (χ4v) is 17.2. The van der Waals surface area contributed by atoms with Crippen LogP contribution in [0.2, 0.25) is 0 Å². The van der Waals surface area contributed by atoms with E-state index in [1.54, 1.807) is 0 Å². The summed E-state index contributed by atoms with van der Waals surface area (Å²) in [5, 5.41) is 29.4. The number of para-hydroxylation sites is 11. The van der Waals surface area contributed by atoms with Crippen LogP contribution in [0.3, 0.4) is 0 Å². The third-order valence-electron chi connectivity index (χ3n) is 21.1. The average molecular weight is 1260 g/mol. The molecule has 0 fully saturated rings. The molecule has 0 aliphatic carbocycles. The van der Waals surface area contributed by atoms with E-state index < -0.39 is 0 Å². The van der Waals surface area contributed by atoms with Gasteiger partial charge in [0.05, 0.1) is 89.2 Å². The summed E-state index contributed by atoms with van der Waals surface area (Å²) >= 11 is 0. The molecule has 0 bridgehead atoms. The van der Waals surface area contributed by atoms with Crippen LogP contribution in [0.1, 0.15) is 5.56 Å². The Morgan fingerprint density at radius 3 is 0.727 bits per heavy atom. The monoisotopic (exact) mass is 1260 g/mol. The van der Waals surface area contributed by atoms with E-state index >= 15 is 0 Å². The van der Waals surface area contributed by atoms with Gasteiger partial charge in [0.2, 0.25) is 0 Å². The van der Waals surface area contributed by atoms with Crippen LogP contribution < -0.4 is 0 Å². The number of hydrogen-bond donors (Lipinski definition) is 0. The van der Waals surface area contributed by atoms with Gasteiger partial charge in [-0.05, 0) is 77.5 Å². The minimum absolute atomic E-state index is 0.525. The highest BCUT2D eigenvalue weighted by Crippen LogP contribution is 2.56. The molecule has 0 amide bonds. The fourth-order valence-electron chi connectivity index (χ4n) is 17.2. The standard InChI is InChI=1S/C93H56N6/c94-57-75-87(72-39-13-24-50-84(72)95-76-42-16-5-31-62(76)63-32-6-17-43-77(63)95)92(98-82-48-22-11-37-68(82)70-55-53-58-27-1-3-29-60(58)90(70)98)89(74-41-15-26-52-86(74)97-80-46-20-9-35-66(80)67-36-10-21-47-81(67)97)93(99-83-49-23-12-38-69(83)71-56-54-59-28-2-4-30-61(59)91(71)99)88(75)73-40-14-25-51-85(73)96-78-44-18-7-33-64(78)65-34-8-19-45-79(65)96/h1-56H. The molecule has 21 rings (SSSR count). The Morgan fingerprint density at radius 1 is 0.192 bits per heavy atom. The summed E-state index contributed by atoms with van der Waals surface area (Å²) in [5.41, 5.74) is 21.0. The molecule has 0 radical (unpaired) electrons. The quantitative estimate of drug-likeness (QED) is 0.150. The minimum atomic E-state index is 0.525. The normalized spacial score (nSPS) is 12.0. The summed E-state index contributed by atoms with van der Waals surface area (Å²) in [4.78, 5) is 0. The molecule has 16 aromatic carbocycles. The van der Waals surface area contributed by atoms with Crippen LogP contribution >= 0.6 is 0 Å². The second kappa shape index (κ2) is 21.3. The van der Waals surface area contributed by atoms with Crippen molar-refractivity contribution in [2.24, 2.45) is 0 Å². The maximum atomic E-state index is 13.7. The van der Waals surface area contributed by atoms with Crippen molar-refractivity contribution in [1.29, 1.82) is 5.26 Å². The lowest BCUT2D eigenvalue weighted by atomic mass is 9.82. The Kier molecular flexibility index (Phi) is 11.8. The molecule has 458 valence electrons. The zero-order valence-electron chi connectivity index (χ0n) is 53.5. The van der Waals surface area contributed by atoms with Crippen molar-refractivity contribution in [2.75, 3.05) is 0 Å². The van der Waals surface area contributed by atoms with Gasteiger partial charge >= 0.3 is 0 Å². The lowest BCUT2D eigenvalue weighted by molar-refractivity contribution is 1.12. The van der Waals surface area contributed by atoms with E-state index in [4.69, 9.17) is 0 Å². The predicted octanol–water partition coefficient (Wildman–Crippen LogP) is 24.4. The number of hydrogen-bond acceptors (Lipinski definition) is 1. The number of nitriles is 1. The Bertz CT molecular complexity index is 6580. The highest BCUT2D eigenvalue weighted by atomic mass is 15.1. The molecule has 5 aromatic heterocycles. The number of benzene rings is 16. The van der Waals surface area contributed by atoms with Crippen LogP contribution in [0, 0.1) is 11.3 Å². The van der Waals surface area contributed by atoms with Gasteiger partial charge in [0.15, 0.2) is 0 Å². The second-order valence-corrected chi connectivity index (χ2v) is 26.0. The molecule has 6 nitrogen and oxygen atoms in total. The van der Waals surface area contributed by atoms with Gasteiger partial charge < -0.3 is 22.8 Å². The molecule has 6 heteroatoms. The van der Waals surface area contributed by atoms with Gasteiger partial charge in [-0.3, -0.25) is 0 Å². The number of nitrogens with zero attached hydrogens (tertiary/aromatic N) is 6. The smallest absolute Gasteiger partial charge is 0.101 e. The molecule has 99 heavy (non-hydrogen) atoms. The van der Waals surface area contributed by atoms with Gasteiger partial charge in [-0.2, -0.15) is 5.26 Å². The van der Waals surface area contributed by atoms with Gasteiger partial charge in [0.25, 0.3) is 0 Å². The molecule has 0 aliphatic rings. The molecule has 0 saturated heterocycles. The van der Waals surface area contributed by atoms with E-state index in [1.807, 2.05) is 0 Å². The van der Waals surface area contributed by atoms with E-state index in [0.29, 0.717) is 5.56 Å². The first-order valence-corrected chi connectivity index (χ1v) is 33.9. The topological polar surface area (TPSA) is 48.4 Å². The minimum Gasteiger partial charge on any atom is -0.309 e. The largest absolute Gasteiger partial charge is 0.309 e. The lowest BCUT2D eigenvalue weighted by Crippen LogP contribution is -2.13. The molecule has 0 N–H and O–H groups in total. The highest BCUT2D eigenvalue weighted by Gasteiger charge is 2.36. The predicted molar refractivity (Wildman–Crippen MR) is 414 cm³/mol. The second-order valence-electron chi connectivity index (χ2n) is 26.0. The van der Waals surface area contributed by atoms with Gasteiger partial charge in [-0.15, -0.1) is 0 Å². The summed E-state index contributed by atoms with van der Waals surface area (Å²) < 4.78 is 12.5. The van der Waals surface area contributed by atoms with Crippen molar-refractivity contribution in [3.8, 4) is 67.9 Å². The van der Waals surface area contributed by atoms with Crippen molar-refractivity contribution in [1.82, 2.24) is 22.8 Å². The van der Waals surface area contributed by atoms with Crippen molar-refractivity contribution in [3.63, 3.8) is 0 Å². The first-order valence-electron chi connectivity index (χ1n) is 33.9. The summed E-state index contributed by atoms with van der Waals surface area (Å²) in [5.74, 6) is 0. The van der Waals surface area contributed by atoms with Crippen LogP contribution in [-0.2, 0) is 0 Å². The lowest BCUT2D eigenvalue weighted by Gasteiger charge is -2.30. The molecule has 21 aromatic rings. The third kappa shape index (κ3) is 7.70. The number of rotatable bonds is 8. The zero-order chi connectivity index (χ0) is 65.0. The van der Waals surface area contributed by atoms with Crippen molar-refractivity contribution >= 4 is 131 Å². The molecule has 0 aliphatic heterocycles.